The van der Waals surface area contributed by atoms with Gasteiger partial charge in [0.2, 0.25) is 0 Å². The molecule has 0 radical (unpaired) electrons. The van der Waals surface area contributed by atoms with E-state index in [1.807, 2.05) is 101 Å². The van der Waals surface area contributed by atoms with Crippen molar-refractivity contribution < 1.29 is 40.2 Å². The van der Waals surface area contributed by atoms with Crippen LogP contribution >= 0.6 is 34.0 Å². The number of aryl methyl sites for hydroxylation is 18. The van der Waals surface area contributed by atoms with Gasteiger partial charge in [0.25, 0.3) is 0 Å². The Kier molecular flexibility index (Phi) is 27.1. The molecule has 0 bridgehead atoms. The molecule has 0 amide bonds. The number of thiophene rings is 3. The van der Waals surface area contributed by atoms with Crippen LogP contribution in [0.5, 0.6) is 0 Å². The molecular formula is C103H88Ir2N20S3. The summed E-state index contributed by atoms with van der Waals surface area (Å²) in [6.07, 6.45) is 34.6. The standard InChI is InChI=1S/C54H45N6S3.C49H43N14.2Ir/c1-37-10-4-7-13-46(37)58-31-28-55-52(58)49-25-22-43(61-49)19-16-40-34-41(17-20-44-23-26-50(62-44)53-56-29-32-59(53)47-14-8-5-11-38(47)2)36-42(35-40)18-21-45-24-27-51(63-45)54-57-30-33-60(54)48-15-9-6-12-39(48)3;1-32-10-4-7-13-39(32)61-25-22-50-47(61)38-31-53-42(54-38)19-16-35-28-36(17-20-43-55-45(59-57-43)48-51-23-26-62(48)40-14-8-5-11-33(40)2)30-37(29-35)18-21-44-56-46(60-58-44)49-52-24-27-63(49)41-15-9-6-12-34(41)3;;/h4-15,22-23,27-36H,16-21H2,1-3H3;4-15,22-31H,16-21H2,1-3H3;;/q2*-3;2*+3. The van der Waals surface area contributed by atoms with Crippen LogP contribution in [0, 0.1) is 59.7 Å². The van der Waals surface area contributed by atoms with E-state index >= 15 is 0 Å². The van der Waals surface area contributed by atoms with Crippen LogP contribution in [-0.2, 0) is 117 Å². The van der Waals surface area contributed by atoms with E-state index in [9.17, 15) is 0 Å². The zero-order chi connectivity index (χ0) is 85.4. The fourth-order valence-corrected chi connectivity index (χ4v) is 19.2. The van der Waals surface area contributed by atoms with Crippen molar-refractivity contribution in [2.24, 2.45) is 0 Å². The van der Waals surface area contributed by atoms with Gasteiger partial charge in [-0.25, -0.2) is 49.8 Å². The maximum Gasteiger partial charge on any atom is 3.00 e. The van der Waals surface area contributed by atoms with Gasteiger partial charge in [-0.1, -0.05) is 195 Å². The van der Waals surface area contributed by atoms with Gasteiger partial charge in [-0.3, -0.25) is 40.0 Å². The van der Waals surface area contributed by atoms with Crippen molar-refractivity contribution in [1.29, 1.82) is 0 Å². The van der Waals surface area contributed by atoms with Gasteiger partial charge < -0.3 is 54.0 Å². The first kappa shape index (κ1) is 87.0. The maximum atomic E-state index is 4.93. The summed E-state index contributed by atoms with van der Waals surface area (Å²) in [5.41, 5.74) is 22.1. The Bertz CT molecular complexity index is 6050. The minimum Gasteiger partial charge on any atom is -0.446 e. The molecule has 0 saturated heterocycles. The van der Waals surface area contributed by atoms with Crippen molar-refractivity contribution in [3.63, 3.8) is 0 Å². The van der Waals surface area contributed by atoms with Gasteiger partial charge in [-0.05, 0) is 226 Å². The predicted octanol–water partition coefficient (Wildman–Crippen LogP) is 20.5. The van der Waals surface area contributed by atoms with Gasteiger partial charge in [-0.15, -0.1) is 4.88 Å². The van der Waals surface area contributed by atoms with Crippen LogP contribution in [0.15, 0.2) is 281 Å². The Morgan fingerprint density at radius 1 is 0.281 bits per heavy atom. The molecule has 0 atom stereocenters. The second-order valence-corrected chi connectivity index (χ2v) is 35.0. The largest absolute Gasteiger partial charge is 3.00 e. The summed E-state index contributed by atoms with van der Waals surface area (Å²) in [6, 6.07) is 81.2. The van der Waals surface area contributed by atoms with Crippen LogP contribution < -0.4 is 15.0 Å². The Morgan fingerprint density at radius 2 is 0.586 bits per heavy atom. The van der Waals surface area contributed by atoms with Crippen molar-refractivity contribution in [3.05, 3.63) is 398 Å². The number of hydrogen-bond donors (Lipinski definition) is 0. The molecule has 20 rings (SSSR count). The Labute approximate surface area is 782 Å². The van der Waals surface area contributed by atoms with E-state index in [-0.39, 0.29) is 40.2 Å². The molecule has 636 valence electrons. The average Bonchev–Trinajstić information content (AvgIpc) is 1.68. The number of imidazole rings is 7. The molecule has 12 heterocycles. The quantitative estimate of drug-likeness (QED) is 0.0383. The van der Waals surface area contributed by atoms with Gasteiger partial charge in [0.05, 0.1) is 29.1 Å². The summed E-state index contributed by atoms with van der Waals surface area (Å²) in [6.45, 7) is 12.7. The van der Waals surface area contributed by atoms with Gasteiger partial charge >= 0.3 is 40.2 Å². The SMILES string of the molecule is Cc1ccccc1-n1ccnc1-c1[c-]cc(CCc2cc(CCc3[c-]cc(-c4nccn4-c4ccccc4C)s3)cc(CCc3c[c-]c(-c4nccn4-c4ccccc4C)s3)c2)s1.Cc1ccccc1-n1ccnc1-c1cnc(CCc2cc(CCc3nnc(-c4nccn4-c4ccccc4C)[n-]3)cc(CCc3nnc(-c4nccn4-c4ccccc4C)[n-]3)c2)[n-]1.[Ir+3].[Ir+3]. The zero-order valence-electron chi connectivity index (χ0n) is 71.4. The molecule has 12 aromatic heterocycles. The molecular weight excluding hydrogens is 2000 g/mol. The molecule has 0 unspecified atom stereocenters. The monoisotopic (exact) mass is 2090 g/mol. The van der Waals surface area contributed by atoms with Crippen LogP contribution in [0.4, 0.5) is 0 Å². The molecule has 20 nitrogen and oxygen atoms in total. The molecule has 0 aliphatic carbocycles. The van der Waals surface area contributed by atoms with Gasteiger partial charge in [0, 0.05) is 108 Å². The third-order valence-corrected chi connectivity index (χ3v) is 26.1. The molecule has 128 heavy (non-hydrogen) atoms. The molecule has 0 aliphatic rings. The normalized spacial score (nSPS) is 11.3. The van der Waals surface area contributed by atoms with Crippen molar-refractivity contribution in [2.75, 3.05) is 0 Å². The van der Waals surface area contributed by atoms with E-state index in [1.54, 1.807) is 52.6 Å². The van der Waals surface area contributed by atoms with Crippen molar-refractivity contribution in [1.82, 2.24) is 97.6 Å². The van der Waals surface area contributed by atoms with E-state index in [2.05, 4.69) is 283 Å². The first-order chi connectivity index (χ1) is 61.9. The number of aromatic nitrogens is 20. The fraction of sp³-hybridized carbons (Fsp3) is 0.175. The third kappa shape index (κ3) is 19.6. The minimum atomic E-state index is 0. The van der Waals surface area contributed by atoms with E-state index in [0.29, 0.717) is 54.2 Å². The zero-order valence-corrected chi connectivity index (χ0v) is 78.6. The average molecular weight is 2090 g/mol. The van der Waals surface area contributed by atoms with E-state index in [0.717, 1.165) is 158 Å². The van der Waals surface area contributed by atoms with Crippen molar-refractivity contribution in [3.8, 4) is 101 Å². The van der Waals surface area contributed by atoms with E-state index in [4.69, 9.17) is 34.9 Å². The molecule has 20 aromatic rings. The Morgan fingerprint density at radius 3 is 0.961 bits per heavy atom. The number of para-hydroxylation sites is 6. The van der Waals surface area contributed by atoms with Gasteiger partial charge in [0.1, 0.15) is 17.5 Å². The van der Waals surface area contributed by atoms with Gasteiger partial charge in [-0.2, -0.15) is 24.3 Å². The Balaban J connectivity index is 0.000000177. The first-order valence-electron chi connectivity index (χ1n) is 42.4. The molecule has 0 spiro atoms. The molecule has 0 N–H and O–H groups in total. The summed E-state index contributed by atoms with van der Waals surface area (Å²) >= 11 is 5.38. The summed E-state index contributed by atoms with van der Waals surface area (Å²) in [5, 5.41) is 17.9. The summed E-state index contributed by atoms with van der Waals surface area (Å²) < 4.78 is 12.6. The summed E-state index contributed by atoms with van der Waals surface area (Å²) in [5.74, 6) is 8.06. The van der Waals surface area contributed by atoms with Crippen molar-refractivity contribution in [2.45, 2.75) is 119 Å². The van der Waals surface area contributed by atoms with E-state index < -0.39 is 0 Å². The fourth-order valence-electron chi connectivity index (χ4n) is 16.4. The summed E-state index contributed by atoms with van der Waals surface area (Å²) in [4.78, 5) is 54.5. The van der Waals surface area contributed by atoms with Crippen LogP contribution in [0.3, 0.4) is 0 Å². The second-order valence-electron chi connectivity index (χ2n) is 31.6. The van der Waals surface area contributed by atoms with Crippen LogP contribution in [0.1, 0.15) is 98.9 Å². The third-order valence-electron chi connectivity index (χ3n) is 22.8. The van der Waals surface area contributed by atoms with Crippen molar-refractivity contribution >= 4 is 34.0 Å². The molecule has 25 heteroatoms. The van der Waals surface area contributed by atoms with Crippen LogP contribution in [-0.4, -0.2) is 82.7 Å². The smallest absolute Gasteiger partial charge is 0.446 e. The number of nitrogens with zero attached hydrogens (tertiary/aromatic N) is 20. The molecule has 8 aromatic carbocycles. The van der Waals surface area contributed by atoms with Crippen LogP contribution in [0.25, 0.3) is 101 Å². The van der Waals surface area contributed by atoms with Crippen LogP contribution in [0.2, 0.25) is 0 Å². The Hall–Kier alpha value is -13.1. The topological polar surface area (TPSA) is 214 Å². The maximum absolute atomic E-state index is 4.93. The molecule has 0 aliphatic heterocycles. The minimum absolute atomic E-state index is 0. The first-order valence-corrected chi connectivity index (χ1v) is 44.9. The number of benzene rings is 8. The molecule has 0 fully saturated rings. The van der Waals surface area contributed by atoms with Gasteiger partial charge in [0.15, 0.2) is 0 Å². The predicted molar refractivity (Wildman–Crippen MR) is 499 cm³/mol. The summed E-state index contributed by atoms with van der Waals surface area (Å²) in [7, 11) is 0. The second kappa shape index (κ2) is 39.8. The number of rotatable bonds is 30. The molecule has 0 saturated carbocycles. The van der Waals surface area contributed by atoms with E-state index in [1.165, 1.54) is 64.7 Å². The number of hydrogen-bond acceptors (Lipinski definition) is 14.